The fourth-order valence-electron chi connectivity index (χ4n) is 1.74. The molecule has 1 saturated heterocycles. The van der Waals surface area contributed by atoms with Gasteiger partial charge in [0.2, 0.25) is 5.95 Å². The molecular formula is C10H17N5. The molecule has 5 nitrogen and oxygen atoms in total. The lowest BCUT2D eigenvalue weighted by Crippen LogP contribution is -2.44. The van der Waals surface area contributed by atoms with Gasteiger partial charge in [0, 0.05) is 37.9 Å². The van der Waals surface area contributed by atoms with Gasteiger partial charge in [0.1, 0.15) is 5.82 Å². The van der Waals surface area contributed by atoms with Gasteiger partial charge < -0.3 is 16.0 Å². The van der Waals surface area contributed by atoms with Gasteiger partial charge in [-0.2, -0.15) is 4.98 Å². The van der Waals surface area contributed by atoms with Gasteiger partial charge in [-0.15, -0.1) is 0 Å². The van der Waals surface area contributed by atoms with Gasteiger partial charge in [-0.3, -0.25) is 0 Å². The number of hydrogen-bond acceptors (Lipinski definition) is 5. The highest BCUT2D eigenvalue weighted by atomic mass is 15.2. The van der Waals surface area contributed by atoms with E-state index >= 15 is 0 Å². The number of aromatic nitrogens is 2. The Bertz CT molecular complexity index is 333. The third kappa shape index (κ3) is 2.36. The number of nitrogens with two attached hydrogens (primary N) is 1. The summed E-state index contributed by atoms with van der Waals surface area (Å²) in [5.41, 5.74) is 6.69. The van der Waals surface area contributed by atoms with Crippen molar-refractivity contribution in [1.29, 1.82) is 0 Å². The number of hydrogen-bond donors (Lipinski definition) is 2. The van der Waals surface area contributed by atoms with Crippen LogP contribution in [-0.2, 0) is 6.42 Å². The predicted octanol–water partition coefficient (Wildman–Crippen LogP) is 0.0308. The summed E-state index contributed by atoms with van der Waals surface area (Å²) in [7, 11) is 0. The molecule has 0 aromatic carbocycles. The van der Waals surface area contributed by atoms with Crippen LogP contribution in [0, 0.1) is 0 Å². The van der Waals surface area contributed by atoms with Gasteiger partial charge >= 0.3 is 0 Å². The van der Waals surface area contributed by atoms with Crippen molar-refractivity contribution in [1.82, 2.24) is 15.3 Å². The number of piperazine rings is 1. The molecular weight excluding hydrogens is 190 g/mol. The molecule has 1 aliphatic rings. The molecule has 0 radical (unpaired) electrons. The Morgan fingerprint density at radius 2 is 2.13 bits per heavy atom. The SMILES string of the molecule is CCc1cc(N2CCNCC2)nc(N)n1. The quantitative estimate of drug-likeness (QED) is 0.716. The van der Waals surface area contributed by atoms with Crippen molar-refractivity contribution in [3.63, 3.8) is 0 Å². The van der Waals surface area contributed by atoms with Crippen molar-refractivity contribution in [2.75, 3.05) is 36.8 Å². The fourth-order valence-corrected chi connectivity index (χ4v) is 1.74. The number of nitrogens with one attached hydrogen (secondary N) is 1. The zero-order chi connectivity index (χ0) is 10.7. The molecule has 0 atom stereocenters. The van der Waals surface area contributed by atoms with Gasteiger partial charge in [0.25, 0.3) is 0 Å². The molecule has 0 aliphatic carbocycles. The lowest BCUT2D eigenvalue weighted by molar-refractivity contribution is 0.584. The first-order valence-electron chi connectivity index (χ1n) is 5.38. The number of aryl methyl sites for hydroxylation is 1. The Morgan fingerprint density at radius 1 is 1.40 bits per heavy atom. The maximum atomic E-state index is 5.68. The summed E-state index contributed by atoms with van der Waals surface area (Å²) in [5, 5.41) is 3.31. The van der Waals surface area contributed by atoms with Gasteiger partial charge in [-0.25, -0.2) is 4.98 Å². The third-order valence-corrected chi connectivity index (χ3v) is 2.59. The summed E-state index contributed by atoms with van der Waals surface area (Å²) in [6, 6.07) is 2.03. The van der Waals surface area contributed by atoms with E-state index in [0.717, 1.165) is 44.1 Å². The van der Waals surface area contributed by atoms with Crippen LogP contribution in [0.25, 0.3) is 0 Å². The van der Waals surface area contributed by atoms with E-state index in [1.807, 2.05) is 6.07 Å². The molecule has 0 saturated carbocycles. The van der Waals surface area contributed by atoms with Gasteiger partial charge in [-0.1, -0.05) is 6.92 Å². The molecule has 82 valence electrons. The predicted molar refractivity (Wildman–Crippen MR) is 60.9 cm³/mol. The summed E-state index contributed by atoms with van der Waals surface area (Å²) in [6.07, 6.45) is 0.895. The van der Waals surface area contributed by atoms with E-state index in [9.17, 15) is 0 Å². The largest absolute Gasteiger partial charge is 0.368 e. The lowest BCUT2D eigenvalue weighted by atomic mass is 10.3. The number of nitrogen functional groups attached to an aromatic ring is 1. The van der Waals surface area contributed by atoms with Crippen LogP contribution >= 0.6 is 0 Å². The van der Waals surface area contributed by atoms with E-state index in [1.165, 1.54) is 0 Å². The summed E-state index contributed by atoms with van der Waals surface area (Å²) < 4.78 is 0. The minimum absolute atomic E-state index is 0.378. The van der Waals surface area contributed by atoms with Gasteiger partial charge in [0.15, 0.2) is 0 Å². The Hall–Kier alpha value is -1.36. The van der Waals surface area contributed by atoms with E-state index in [1.54, 1.807) is 0 Å². The van der Waals surface area contributed by atoms with Crippen molar-refractivity contribution in [2.24, 2.45) is 0 Å². The zero-order valence-corrected chi connectivity index (χ0v) is 9.03. The topological polar surface area (TPSA) is 67.1 Å². The van der Waals surface area contributed by atoms with Gasteiger partial charge in [0.05, 0.1) is 0 Å². The van der Waals surface area contributed by atoms with Crippen LogP contribution in [0.1, 0.15) is 12.6 Å². The van der Waals surface area contributed by atoms with Crippen LogP contribution in [0.4, 0.5) is 11.8 Å². The van der Waals surface area contributed by atoms with Crippen molar-refractivity contribution in [3.05, 3.63) is 11.8 Å². The molecule has 1 aromatic heterocycles. The Balaban J connectivity index is 2.22. The molecule has 1 aliphatic heterocycles. The highest BCUT2D eigenvalue weighted by Gasteiger charge is 2.12. The monoisotopic (exact) mass is 207 g/mol. The normalized spacial score (nSPS) is 16.7. The van der Waals surface area contributed by atoms with Crippen LogP contribution in [0.3, 0.4) is 0 Å². The minimum atomic E-state index is 0.378. The Labute approximate surface area is 89.7 Å². The molecule has 1 fully saturated rings. The van der Waals surface area contributed by atoms with Crippen LogP contribution < -0.4 is 16.0 Å². The number of nitrogens with zero attached hydrogens (tertiary/aromatic N) is 3. The van der Waals surface area contributed by atoms with Crippen molar-refractivity contribution >= 4 is 11.8 Å². The highest BCUT2D eigenvalue weighted by molar-refractivity contribution is 5.44. The van der Waals surface area contributed by atoms with E-state index in [2.05, 4.69) is 27.1 Å². The lowest BCUT2D eigenvalue weighted by Gasteiger charge is -2.28. The number of anilines is 2. The molecule has 5 heteroatoms. The Kier molecular flexibility index (Phi) is 3.01. The van der Waals surface area contributed by atoms with Crippen molar-refractivity contribution in [2.45, 2.75) is 13.3 Å². The van der Waals surface area contributed by atoms with E-state index in [4.69, 9.17) is 5.73 Å². The first-order chi connectivity index (χ1) is 7.29. The van der Waals surface area contributed by atoms with E-state index in [0.29, 0.717) is 5.95 Å². The Morgan fingerprint density at radius 3 is 2.80 bits per heavy atom. The average Bonchev–Trinajstić information content (AvgIpc) is 2.29. The number of rotatable bonds is 2. The molecule has 2 rings (SSSR count). The third-order valence-electron chi connectivity index (χ3n) is 2.59. The van der Waals surface area contributed by atoms with Gasteiger partial charge in [-0.05, 0) is 6.42 Å². The molecule has 0 bridgehead atoms. The molecule has 2 heterocycles. The van der Waals surface area contributed by atoms with Crippen LogP contribution in [-0.4, -0.2) is 36.1 Å². The highest BCUT2D eigenvalue weighted by Crippen LogP contribution is 2.14. The summed E-state index contributed by atoms with van der Waals surface area (Å²) in [5.74, 6) is 1.34. The summed E-state index contributed by atoms with van der Waals surface area (Å²) in [4.78, 5) is 10.7. The minimum Gasteiger partial charge on any atom is -0.368 e. The molecule has 0 spiro atoms. The molecule has 15 heavy (non-hydrogen) atoms. The maximum absolute atomic E-state index is 5.68. The second-order valence-electron chi connectivity index (χ2n) is 3.67. The molecule has 0 amide bonds. The second kappa shape index (κ2) is 4.44. The van der Waals surface area contributed by atoms with Crippen LogP contribution in [0.15, 0.2) is 6.07 Å². The van der Waals surface area contributed by atoms with Crippen LogP contribution in [0.5, 0.6) is 0 Å². The second-order valence-corrected chi connectivity index (χ2v) is 3.67. The molecule has 0 unspecified atom stereocenters. The smallest absolute Gasteiger partial charge is 0.222 e. The van der Waals surface area contributed by atoms with Crippen molar-refractivity contribution < 1.29 is 0 Å². The van der Waals surface area contributed by atoms with Crippen molar-refractivity contribution in [3.8, 4) is 0 Å². The standard InChI is InChI=1S/C10H17N5/c1-2-8-7-9(14-10(11)13-8)15-5-3-12-4-6-15/h7,12H,2-6H2,1H3,(H2,11,13,14). The molecule has 3 N–H and O–H groups in total. The molecule has 1 aromatic rings. The summed E-state index contributed by atoms with van der Waals surface area (Å²) >= 11 is 0. The summed E-state index contributed by atoms with van der Waals surface area (Å²) in [6.45, 7) is 6.05. The zero-order valence-electron chi connectivity index (χ0n) is 9.03. The fraction of sp³-hybridized carbons (Fsp3) is 0.600. The first kappa shape index (κ1) is 10.2. The average molecular weight is 207 g/mol. The van der Waals surface area contributed by atoms with E-state index < -0.39 is 0 Å². The first-order valence-corrected chi connectivity index (χ1v) is 5.38. The maximum Gasteiger partial charge on any atom is 0.222 e. The van der Waals surface area contributed by atoms with E-state index in [-0.39, 0.29) is 0 Å². The van der Waals surface area contributed by atoms with Crippen LogP contribution in [0.2, 0.25) is 0 Å².